The van der Waals surface area contributed by atoms with Crippen molar-refractivity contribution in [3.63, 3.8) is 0 Å². The second-order valence-electron chi connectivity index (χ2n) is 4.31. The number of anilines is 1. The second-order valence-corrected chi connectivity index (χ2v) is 5.10. The van der Waals surface area contributed by atoms with E-state index < -0.39 is 0 Å². The molecule has 19 heavy (non-hydrogen) atoms. The minimum Gasteiger partial charge on any atom is -0.394 e. The maximum Gasteiger partial charge on any atom is 0.283 e. The summed E-state index contributed by atoms with van der Waals surface area (Å²) in [6.45, 7) is 1.61. The molecule has 106 valence electrons. The number of aliphatic hydroxyl groups is 1. The standard InChI is InChI=1S/C11H17BrN4O3/c1-19-9-6-13-4-7(9)15-8-5-14-16(2-3-17)11(18)10(8)12/h5,7,9,13,15,17H,2-4,6H2,1H3/t7?,9-/m0/s1. The van der Waals surface area contributed by atoms with Crippen LogP contribution in [0.5, 0.6) is 0 Å². The van der Waals surface area contributed by atoms with Gasteiger partial charge in [0, 0.05) is 20.2 Å². The minimum atomic E-state index is -0.265. The van der Waals surface area contributed by atoms with E-state index in [1.54, 1.807) is 13.3 Å². The summed E-state index contributed by atoms with van der Waals surface area (Å²) in [7, 11) is 1.67. The summed E-state index contributed by atoms with van der Waals surface area (Å²) in [5.74, 6) is 0. The first kappa shape index (κ1) is 14.4. The van der Waals surface area contributed by atoms with Crippen LogP contribution in [0.4, 0.5) is 5.69 Å². The Kier molecular flexibility index (Phi) is 4.92. The SMILES string of the molecule is CO[C@H]1CNCC1Nc1cnn(CCO)c(=O)c1Br. The highest BCUT2D eigenvalue weighted by molar-refractivity contribution is 9.10. The zero-order valence-electron chi connectivity index (χ0n) is 10.6. The van der Waals surface area contributed by atoms with Crippen molar-refractivity contribution in [3.05, 3.63) is 21.0 Å². The first-order chi connectivity index (χ1) is 9.17. The third-order valence-electron chi connectivity index (χ3n) is 3.10. The van der Waals surface area contributed by atoms with Crippen LogP contribution in [0.15, 0.2) is 15.5 Å². The molecule has 0 aliphatic carbocycles. The number of rotatable bonds is 5. The highest BCUT2D eigenvalue weighted by Gasteiger charge is 2.27. The van der Waals surface area contributed by atoms with Gasteiger partial charge in [0.25, 0.3) is 5.56 Å². The zero-order chi connectivity index (χ0) is 13.8. The molecule has 0 saturated carbocycles. The summed E-state index contributed by atoms with van der Waals surface area (Å²) < 4.78 is 6.98. The van der Waals surface area contributed by atoms with Crippen molar-refractivity contribution in [1.29, 1.82) is 0 Å². The lowest BCUT2D eigenvalue weighted by Gasteiger charge is -2.20. The number of methoxy groups -OCH3 is 1. The fraction of sp³-hybridized carbons (Fsp3) is 0.636. The number of nitrogens with zero attached hydrogens (tertiary/aromatic N) is 2. The largest absolute Gasteiger partial charge is 0.394 e. The Labute approximate surface area is 119 Å². The monoisotopic (exact) mass is 332 g/mol. The molecular formula is C11H17BrN4O3. The van der Waals surface area contributed by atoms with Crippen LogP contribution in [0.1, 0.15) is 0 Å². The molecule has 0 radical (unpaired) electrons. The molecule has 3 N–H and O–H groups in total. The molecule has 2 heterocycles. The van der Waals surface area contributed by atoms with Crippen molar-refractivity contribution in [2.75, 3.05) is 32.1 Å². The maximum absolute atomic E-state index is 12.0. The highest BCUT2D eigenvalue weighted by Crippen LogP contribution is 2.19. The fourth-order valence-electron chi connectivity index (χ4n) is 2.07. The van der Waals surface area contributed by atoms with Crippen LogP contribution in [-0.2, 0) is 11.3 Å². The maximum atomic E-state index is 12.0. The molecule has 0 spiro atoms. The summed E-state index contributed by atoms with van der Waals surface area (Å²) in [5.41, 5.74) is 0.369. The van der Waals surface area contributed by atoms with Gasteiger partial charge in [0.05, 0.1) is 37.2 Å². The van der Waals surface area contributed by atoms with E-state index >= 15 is 0 Å². The topological polar surface area (TPSA) is 88.4 Å². The molecule has 1 aromatic heterocycles. The first-order valence-electron chi connectivity index (χ1n) is 6.04. The Bertz CT molecular complexity index is 493. The quantitative estimate of drug-likeness (QED) is 0.667. The molecule has 1 fully saturated rings. The van der Waals surface area contributed by atoms with Gasteiger partial charge in [-0.15, -0.1) is 0 Å². The van der Waals surface area contributed by atoms with Crippen molar-refractivity contribution in [2.24, 2.45) is 0 Å². The van der Waals surface area contributed by atoms with Crippen molar-refractivity contribution >= 4 is 21.6 Å². The van der Waals surface area contributed by atoms with E-state index in [1.165, 1.54) is 4.68 Å². The minimum absolute atomic E-state index is 0.0618. The Hall–Kier alpha value is -0.960. The molecular weight excluding hydrogens is 316 g/mol. The number of hydrogen-bond donors (Lipinski definition) is 3. The van der Waals surface area contributed by atoms with E-state index in [-0.39, 0.29) is 30.9 Å². The van der Waals surface area contributed by atoms with E-state index in [0.29, 0.717) is 10.2 Å². The smallest absolute Gasteiger partial charge is 0.283 e. The molecule has 1 saturated heterocycles. The Balaban J connectivity index is 2.17. The molecule has 0 aromatic carbocycles. The van der Waals surface area contributed by atoms with Crippen LogP contribution in [0.2, 0.25) is 0 Å². The van der Waals surface area contributed by atoms with Crippen molar-refractivity contribution in [3.8, 4) is 0 Å². The Morgan fingerprint density at radius 3 is 3.16 bits per heavy atom. The van der Waals surface area contributed by atoms with Gasteiger partial charge in [-0.2, -0.15) is 5.10 Å². The van der Waals surface area contributed by atoms with Crippen LogP contribution >= 0.6 is 15.9 Å². The van der Waals surface area contributed by atoms with Gasteiger partial charge in [-0.25, -0.2) is 4.68 Å². The van der Waals surface area contributed by atoms with E-state index in [2.05, 4.69) is 31.7 Å². The highest BCUT2D eigenvalue weighted by atomic mass is 79.9. The van der Waals surface area contributed by atoms with Crippen LogP contribution in [-0.4, -0.2) is 53.8 Å². The fourth-order valence-corrected chi connectivity index (χ4v) is 2.49. The van der Waals surface area contributed by atoms with Crippen molar-refractivity contribution in [2.45, 2.75) is 18.7 Å². The summed E-state index contributed by atoms with van der Waals surface area (Å²) >= 11 is 3.27. The van der Waals surface area contributed by atoms with Gasteiger partial charge in [-0.3, -0.25) is 4.79 Å². The lowest BCUT2D eigenvalue weighted by Crippen LogP contribution is -2.35. The Morgan fingerprint density at radius 1 is 1.68 bits per heavy atom. The summed E-state index contributed by atoms with van der Waals surface area (Å²) in [6, 6.07) is 0.0937. The van der Waals surface area contributed by atoms with Gasteiger partial charge in [-0.05, 0) is 15.9 Å². The number of aliphatic hydroxyl groups excluding tert-OH is 1. The van der Waals surface area contributed by atoms with E-state index in [0.717, 1.165) is 13.1 Å². The average Bonchev–Trinajstić information content (AvgIpc) is 2.86. The predicted molar refractivity (Wildman–Crippen MR) is 74.4 cm³/mol. The number of ether oxygens (including phenoxy) is 1. The lowest BCUT2D eigenvalue weighted by atomic mass is 10.2. The van der Waals surface area contributed by atoms with E-state index in [4.69, 9.17) is 9.84 Å². The van der Waals surface area contributed by atoms with Gasteiger partial charge >= 0.3 is 0 Å². The summed E-state index contributed by atoms with van der Waals surface area (Å²) in [5, 5.41) is 19.3. The van der Waals surface area contributed by atoms with E-state index in [9.17, 15) is 4.79 Å². The summed E-state index contributed by atoms with van der Waals surface area (Å²) in [6.07, 6.45) is 1.64. The first-order valence-corrected chi connectivity index (χ1v) is 6.83. The third kappa shape index (κ3) is 3.14. The molecule has 2 rings (SSSR count). The van der Waals surface area contributed by atoms with Gasteiger partial charge < -0.3 is 20.5 Å². The summed E-state index contributed by atoms with van der Waals surface area (Å²) in [4.78, 5) is 12.0. The van der Waals surface area contributed by atoms with Crippen molar-refractivity contribution in [1.82, 2.24) is 15.1 Å². The number of hydrogen-bond acceptors (Lipinski definition) is 6. The molecule has 1 unspecified atom stereocenters. The van der Waals surface area contributed by atoms with Crippen LogP contribution < -0.4 is 16.2 Å². The molecule has 1 aliphatic heterocycles. The zero-order valence-corrected chi connectivity index (χ0v) is 12.2. The van der Waals surface area contributed by atoms with Crippen LogP contribution in [0.3, 0.4) is 0 Å². The molecule has 7 nitrogen and oxygen atoms in total. The van der Waals surface area contributed by atoms with Crippen LogP contribution in [0, 0.1) is 0 Å². The average molecular weight is 333 g/mol. The molecule has 1 aromatic rings. The van der Waals surface area contributed by atoms with Gasteiger partial charge in [0.1, 0.15) is 4.47 Å². The van der Waals surface area contributed by atoms with Gasteiger partial charge in [0.2, 0.25) is 0 Å². The predicted octanol–water partition coefficient (Wildman–Crippen LogP) is -0.603. The van der Waals surface area contributed by atoms with Crippen molar-refractivity contribution < 1.29 is 9.84 Å². The number of nitrogens with one attached hydrogen (secondary N) is 2. The second kappa shape index (κ2) is 6.47. The van der Waals surface area contributed by atoms with Gasteiger partial charge in [-0.1, -0.05) is 0 Å². The molecule has 1 aliphatic rings. The lowest BCUT2D eigenvalue weighted by molar-refractivity contribution is 0.111. The molecule has 8 heteroatoms. The van der Waals surface area contributed by atoms with Crippen LogP contribution in [0.25, 0.3) is 0 Å². The Morgan fingerprint density at radius 2 is 2.47 bits per heavy atom. The molecule has 0 amide bonds. The normalized spacial score (nSPS) is 22.7. The molecule has 0 bridgehead atoms. The number of aromatic nitrogens is 2. The molecule has 2 atom stereocenters. The third-order valence-corrected chi connectivity index (χ3v) is 3.87. The number of halogens is 1. The van der Waals surface area contributed by atoms with E-state index in [1.807, 2.05) is 0 Å². The van der Waals surface area contributed by atoms with Gasteiger partial charge in [0.15, 0.2) is 0 Å².